The number of hydrogen-bond acceptors (Lipinski definition) is 4. The second kappa shape index (κ2) is 17.0. The molecule has 2 aliphatic heterocycles. The van der Waals surface area contributed by atoms with E-state index in [4.69, 9.17) is 0 Å². The molecule has 0 fully saturated rings. The monoisotopic (exact) mass is 921 g/mol. The summed E-state index contributed by atoms with van der Waals surface area (Å²) in [7, 11) is 0. The largest absolute Gasteiger partial charge is 0.376 e. The van der Waals surface area contributed by atoms with Crippen molar-refractivity contribution in [3.05, 3.63) is 267 Å². The highest BCUT2D eigenvalue weighted by atomic mass is 32.1. The molecule has 1 aromatic heterocycles. The predicted molar refractivity (Wildman–Crippen MR) is 304 cm³/mol. The van der Waals surface area contributed by atoms with Crippen molar-refractivity contribution >= 4 is 94.8 Å². The molecule has 3 heterocycles. The highest BCUT2D eigenvalue weighted by Crippen LogP contribution is 2.53. The van der Waals surface area contributed by atoms with Crippen LogP contribution in [-0.4, -0.2) is 6.85 Å². The maximum Gasteiger partial charge on any atom is 0.333 e. The third-order valence-corrected chi connectivity index (χ3v) is 15.5. The Morgan fingerprint density at radius 2 is 0.887 bits per heavy atom. The molecule has 5 heteroatoms. The molecule has 332 valence electrons. The van der Waals surface area contributed by atoms with Crippen LogP contribution in [0, 0.1) is 0 Å². The zero-order valence-electron chi connectivity index (χ0n) is 38.7. The Bertz CT molecular complexity index is 3910. The molecule has 11 aromatic carbocycles. The number of rotatable bonds is 8. The number of para-hydroxylation sites is 2. The smallest absolute Gasteiger partial charge is 0.333 e. The SMILES string of the molecule is c1ccc(-c2cccc(N3B4c5ccc(-c6ccccc6)cc5N(c5cccc(-c6ccccc6)c5)c5cc6sc7ccccc7c6c(c54)-c4ccc(N(c5ccccc5)c5ccccc5)cc43)c2)cc1. The molecule has 14 rings (SSSR count). The number of fused-ring (bicyclic) bond motifs is 8. The zero-order valence-corrected chi connectivity index (χ0v) is 39.5. The fourth-order valence-corrected chi connectivity index (χ4v) is 12.4. The molecule has 0 amide bonds. The van der Waals surface area contributed by atoms with E-state index in [2.05, 4.69) is 282 Å². The van der Waals surface area contributed by atoms with Crippen molar-refractivity contribution in [3.63, 3.8) is 0 Å². The molecule has 0 saturated heterocycles. The third-order valence-electron chi connectivity index (χ3n) is 14.4. The lowest BCUT2D eigenvalue weighted by Crippen LogP contribution is -2.61. The number of hydrogen-bond donors (Lipinski definition) is 0. The fraction of sp³-hybridized carbons (Fsp3) is 0. The lowest BCUT2D eigenvalue weighted by Gasteiger charge is -2.46. The average Bonchev–Trinajstić information content (AvgIpc) is 3.82. The summed E-state index contributed by atoms with van der Waals surface area (Å²) < 4.78 is 2.56. The Morgan fingerprint density at radius 3 is 1.52 bits per heavy atom. The predicted octanol–water partition coefficient (Wildman–Crippen LogP) is 17.2. The van der Waals surface area contributed by atoms with Crippen LogP contribution in [0.1, 0.15) is 0 Å². The van der Waals surface area contributed by atoms with E-state index >= 15 is 0 Å². The lowest BCUT2D eigenvalue weighted by molar-refractivity contribution is 1.26. The van der Waals surface area contributed by atoms with Crippen molar-refractivity contribution in [3.8, 4) is 44.5 Å². The van der Waals surface area contributed by atoms with Gasteiger partial charge in [0.1, 0.15) is 0 Å². The second-order valence-corrected chi connectivity index (χ2v) is 19.5. The van der Waals surface area contributed by atoms with Crippen LogP contribution in [0.15, 0.2) is 267 Å². The minimum Gasteiger partial charge on any atom is -0.376 e. The Morgan fingerprint density at radius 1 is 0.352 bits per heavy atom. The summed E-state index contributed by atoms with van der Waals surface area (Å²) >= 11 is 1.89. The summed E-state index contributed by atoms with van der Waals surface area (Å²) in [5.74, 6) is 0. The Labute approximate surface area is 418 Å². The van der Waals surface area contributed by atoms with Crippen LogP contribution in [0.25, 0.3) is 64.7 Å². The maximum atomic E-state index is 2.66. The molecule has 2 aliphatic rings. The van der Waals surface area contributed by atoms with Crippen LogP contribution in [0.2, 0.25) is 0 Å². The topological polar surface area (TPSA) is 9.72 Å². The van der Waals surface area contributed by atoms with Gasteiger partial charge in [0.25, 0.3) is 0 Å². The van der Waals surface area contributed by atoms with Gasteiger partial charge >= 0.3 is 6.85 Å². The van der Waals surface area contributed by atoms with E-state index in [0.717, 1.165) is 34.1 Å². The van der Waals surface area contributed by atoms with Gasteiger partial charge in [-0.15, -0.1) is 11.3 Å². The van der Waals surface area contributed by atoms with Gasteiger partial charge in [-0.1, -0.05) is 188 Å². The second-order valence-electron chi connectivity index (χ2n) is 18.4. The van der Waals surface area contributed by atoms with Crippen LogP contribution < -0.4 is 25.5 Å². The van der Waals surface area contributed by atoms with E-state index in [1.165, 1.54) is 87.0 Å². The van der Waals surface area contributed by atoms with Crippen LogP contribution in [0.4, 0.5) is 45.5 Å². The van der Waals surface area contributed by atoms with E-state index in [-0.39, 0.29) is 6.85 Å². The van der Waals surface area contributed by atoms with Crippen LogP contribution in [0.5, 0.6) is 0 Å². The fourth-order valence-electron chi connectivity index (χ4n) is 11.3. The first-order valence-corrected chi connectivity index (χ1v) is 25.2. The first-order chi connectivity index (χ1) is 35.2. The van der Waals surface area contributed by atoms with E-state index in [1.54, 1.807) is 0 Å². The van der Waals surface area contributed by atoms with Crippen molar-refractivity contribution < 1.29 is 0 Å². The molecule has 0 radical (unpaired) electrons. The highest BCUT2D eigenvalue weighted by molar-refractivity contribution is 7.26. The van der Waals surface area contributed by atoms with Gasteiger partial charge in [-0.2, -0.15) is 0 Å². The molecule has 0 aliphatic carbocycles. The van der Waals surface area contributed by atoms with Gasteiger partial charge < -0.3 is 14.6 Å². The summed E-state index contributed by atoms with van der Waals surface area (Å²) in [6.07, 6.45) is 0. The van der Waals surface area contributed by atoms with Crippen molar-refractivity contribution in [2.45, 2.75) is 0 Å². The van der Waals surface area contributed by atoms with Gasteiger partial charge in [0.05, 0.1) is 0 Å². The van der Waals surface area contributed by atoms with E-state index in [1.807, 2.05) is 11.3 Å². The standard InChI is InChI=1S/C66H44BN3S/c1-6-20-45(21-7-1)48-26-18-32-53(40-48)69-60-42-50(47-24-10-3-11-25-47)36-39-58(60)67-66-61(69)44-63-64(57-34-16-17-35-62(57)71-63)65(66)56-38-37-54(68(51-28-12-4-13-29-51)52-30-14-5-15-31-52)43-59(56)70(67)55-33-19-27-49(41-55)46-22-8-2-9-23-46/h1-44H. The minimum atomic E-state index is -0.202. The average molecular weight is 922 g/mol. The number of thiophene rings is 1. The quantitative estimate of drug-likeness (QED) is 0.141. The van der Waals surface area contributed by atoms with E-state index in [9.17, 15) is 0 Å². The van der Waals surface area contributed by atoms with Crippen LogP contribution in [-0.2, 0) is 0 Å². The molecular formula is C66H44BN3S. The molecule has 12 aromatic rings. The van der Waals surface area contributed by atoms with E-state index < -0.39 is 0 Å². The number of benzene rings is 11. The van der Waals surface area contributed by atoms with Gasteiger partial charge in [0.2, 0.25) is 0 Å². The molecule has 0 saturated carbocycles. The van der Waals surface area contributed by atoms with E-state index in [0.29, 0.717) is 0 Å². The molecule has 3 nitrogen and oxygen atoms in total. The van der Waals surface area contributed by atoms with Crippen molar-refractivity contribution in [1.29, 1.82) is 0 Å². The summed E-state index contributed by atoms with van der Waals surface area (Å²) in [5.41, 5.74) is 21.2. The van der Waals surface area contributed by atoms with Crippen LogP contribution in [0.3, 0.4) is 0 Å². The first kappa shape index (κ1) is 41.1. The first-order valence-electron chi connectivity index (χ1n) is 24.4. The molecule has 71 heavy (non-hydrogen) atoms. The zero-order chi connectivity index (χ0) is 46.8. The van der Waals surface area contributed by atoms with Crippen LogP contribution >= 0.6 is 11.3 Å². The molecular weight excluding hydrogens is 878 g/mol. The summed E-state index contributed by atoms with van der Waals surface area (Å²) in [4.78, 5) is 7.62. The highest BCUT2D eigenvalue weighted by Gasteiger charge is 2.46. The van der Waals surface area contributed by atoms with Crippen molar-refractivity contribution in [2.24, 2.45) is 0 Å². The molecule has 0 N–H and O–H groups in total. The summed E-state index contributed by atoms with van der Waals surface area (Å²) in [6.45, 7) is -0.202. The lowest BCUT2D eigenvalue weighted by atomic mass is 9.43. The number of nitrogens with zero attached hydrogens (tertiary/aromatic N) is 3. The Balaban J connectivity index is 1.11. The molecule has 0 atom stereocenters. The molecule has 0 bridgehead atoms. The summed E-state index contributed by atoms with van der Waals surface area (Å²) in [5, 5.41) is 2.60. The molecule has 0 unspecified atom stereocenters. The third kappa shape index (κ3) is 6.88. The van der Waals surface area contributed by atoms with Crippen molar-refractivity contribution in [2.75, 3.05) is 14.6 Å². The van der Waals surface area contributed by atoms with Crippen molar-refractivity contribution in [1.82, 2.24) is 0 Å². The molecule has 0 spiro atoms. The Hall–Kier alpha value is -8.90. The maximum absolute atomic E-state index is 2.66. The number of anilines is 8. The Kier molecular flexibility index (Phi) is 9.82. The normalized spacial score (nSPS) is 12.4. The summed E-state index contributed by atoms with van der Waals surface area (Å²) in [6, 6.07) is 98.1. The minimum absolute atomic E-state index is 0.202. The van der Waals surface area contributed by atoms with Gasteiger partial charge in [-0.3, -0.25) is 0 Å². The van der Waals surface area contributed by atoms with Gasteiger partial charge in [0.15, 0.2) is 0 Å². The van der Waals surface area contributed by atoms with Gasteiger partial charge in [-0.05, 0) is 129 Å². The van der Waals surface area contributed by atoms with Gasteiger partial charge in [0, 0.05) is 71.2 Å². The van der Waals surface area contributed by atoms with Gasteiger partial charge in [-0.25, -0.2) is 0 Å².